The summed E-state index contributed by atoms with van der Waals surface area (Å²) in [6, 6.07) is 13.2. The van der Waals surface area contributed by atoms with E-state index in [1.165, 1.54) is 0 Å². The summed E-state index contributed by atoms with van der Waals surface area (Å²) < 4.78 is 13.0. The second kappa shape index (κ2) is 8.01. The smallest absolute Gasteiger partial charge is 0.161 e. The summed E-state index contributed by atoms with van der Waals surface area (Å²) in [7, 11) is 1.60. The molecule has 134 valence electrons. The molecule has 0 bridgehead atoms. The van der Waals surface area contributed by atoms with E-state index in [0.717, 1.165) is 22.8 Å². The number of methoxy groups -OCH3 is 1. The van der Waals surface area contributed by atoms with Crippen LogP contribution in [0.5, 0.6) is 11.5 Å². The fourth-order valence-corrected chi connectivity index (χ4v) is 2.60. The maximum absolute atomic E-state index is 6.16. The number of hydrogen-bond acceptors (Lipinski definition) is 5. The topological polar surface area (TPSA) is 61.5 Å². The minimum absolute atomic E-state index is 0.364. The van der Waals surface area contributed by atoms with Crippen molar-refractivity contribution in [2.75, 3.05) is 7.11 Å². The lowest BCUT2D eigenvalue weighted by Crippen LogP contribution is -2.00. The zero-order chi connectivity index (χ0) is 18.5. The summed E-state index contributed by atoms with van der Waals surface area (Å²) in [5, 5.41) is 13.0. The minimum Gasteiger partial charge on any atom is -0.493 e. The Bertz CT molecular complexity index is 918. The zero-order valence-electron chi connectivity index (χ0n) is 14.8. The molecule has 0 aliphatic heterocycles. The molecule has 0 saturated heterocycles. The zero-order valence-corrected chi connectivity index (χ0v) is 15.6. The number of benzene rings is 2. The van der Waals surface area contributed by atoms with Gasteiger partial charge in [0.2, 0.25) is 0 Å². The van der Waals surface area contributed by atoms with E-state index in [-0.39, 0.29) is 0 Å². The highest BCUT2D eigenvalue weighted by Crippen LogP contribution is 2.29. The summed E-state index contributed by atoms with van der Waals surface area (Å²) in [5.74, 6) is 2.72. The van der Waals surface area contributed by atoms with E-state index in [9.17, 15) is 0 Å². The Morgan fingerprint density at radius 3 is 2.50 bits per heavy atom. The predicted molar refractivity (Wildman–Crippen MR) is 101 cm³/mol. The molecule has 0 saturated carbocycles. The van der Waals surface area contributed by atoms with Gasteiger partial charge in [-0.25, -0.2) is 4.68 Å². The van der Waals surface area contributed by atoms with Crippen molar-refractivity contribution in [1.29, 1.82) is 0 Å². The van der Waals surface area contributed by atoms with Crippen LogP contribution in [0.2, 0.25) is 5.02 Å². The Morgan fingerprint density at radius 1 is 1.08 bits per heavy atom. The van der Waals surface area contributed by atoms with Crippen molar-refractivity contribution in [2.45, 2.75) is 20.5 Å². The molecule has 6 nitrogen and oxygen atoms in total. The number of hydrogen-bond donors (Lipinski definition) is 0. The largest absolute Gasteiger partial charge is 0.493 e. The van der Waals surface area contributed by atoms with Crippen LogP contribution < -0.4 is 9.47 Å². The molecule has 0 unspecified atom stereocenters. The maximum atomic E-state index is 6.16. The Hall–Kier alpha value is -2.86. The number of halogens is 1. The lowest BCUT2D eigenvalue weighted by Gasteiger charge is -2.12. The van der Waals surface area contributed by atoms with Crippen LogP contribution in [0.1, 0.15) is 22.8 Å². The van der Waals surface area contributed by atoms with Crippen LogP contribution in [-0.2, 0) is 6.61 Å². The quantitative estimate of drug-likeness (QED) is 0.615. The van der Waals surface area contributed by atoms with Crippen molar-refractivity contribution in [3.05, 3.63) is 70.3 Å². The molecular formula is C19H19ClN4O2. The van der Waals surface area contributed by atoms with Crippen molar-refractivity contribution < 1.29 is 9.47 Å². The van der Waals surface area contributed by atoms with Crippen molar-refractivity contribution in [3.8, 4) is 11.5 Å². The Morgan fingerprint density at radius 2 is 1.81 bits per heavy atom. The second-order valence-electron chi connectivity index (χ2n) is 5.64. The van der Waals surface area contributed by atoms with Crippen LogP contribution in [0.25, 0.3) is 0 Å². The molecule has 0 aliphatic carbocycles. The summed E-state index contributed by atoms with van der Waals surface area (Å²) in [5.41, 5.74) is 1.79. The minimum atomic E-state index is 0.364. The third-order valence-electron chi connectivity index (χ3n) is 3.80. The van der Waals surface area contributed by atoms with E-state index < -0.39 is 0 Å². The van der Waals surface area contributed by atoms with Gasteiger partial charge < -0.3 is 9.47 Å². The first kappa shape index (κ1) is 17.9. The molecule has 7 heteroatoms. The third-order valence-corrected chi connectivity index (χ3v) is 4.17. The Labute approximate surface area is 157 Å². The average molecular weight is 371 g/mol. The molecule has 0 N–H and O–H groups in total. The molecule has 0 amide bonds. The molecule has 0 atom stereocenters. The average Bonchev–Trinajstić information content (AvgIpc) is 2.97. The maximum Gasteiger partial charge on any atom is 0.161 e. The molecule has 3 rings (SSSR count). The van der Waals surface area contributed by atoms with Crippen LogP contribution in [0.15, 0.2) is 47.6 Å². The first-order chi connectivity index (χ1) is 12.6. The van der Waals surface area contributed by atoms with Gasteiger partial charge >= 0.3 is 0 Å². The fourth-order valence-electron chi connectivity index (χ4n) is 2.41. The predicted octanol–water partition coefficient (Wildman–Crippen LogP) is 4.02. The second-order valence-corrected chi connectivity index (χ2v) is 6.05. The monoisotopic (exact) mass is 370 g/mol. The molecule has 0 aliphatic rings. The highest BCUT2D eigenvalue weighted by molar-refractivity contribution is 6.31. The standard InChI is InChI=1S/C19H19ClN4O2/c1-13-22-23-14(2)24(13)21-11-15-8-9-18(19(10-15)25-3)26-12-16-6-4-5-7-17(16)20/h4-11H,12H2,1-3H3/b21-11+. The van der Waals surface area contributed by atoms with Gasteiger partial charge in [-0.1, -0.05) is 29.8 Å². The lowest BCUT2D eigenvalue weighted by atomic mass is 10.2. The van der Waals surface area contributed by atoms with Gasteiger partial charge in [0.1, 0.15) is 6.61 Å². The first-order valence-electron chi connectivity index (χ1n) is 8.05. The SMILES string of the molecule is COc1cc(/C=N/n2c(C)nnc2C)ccc1OCc1ccccc1Cl. The molecular weight excluding hydrogens is 352 g/mol. The molecule has 2 aromatic carbocycles. The Balaban J connectivity index is 1.76. The summed E-state index contributed by atoms with van der Waals surface area (Å²) in [6.45, 7) is 4.07. The molecule has 3 aromatic rings. The van der Waals surface area contributed by atoms with E-state index in [1.807, 2.05) is 56.3 Å². The number of ether oxygens (including phenoxy) is 2. The summed E-state index contributed by atoms with van der Waals surface area (Å²) >= 11 is 6.16. The van der Waals surface area contributed by atoms with Crippen LogP contribution in [0, 0.1) is 13.8 Å². The fraction of sp³-hybridized carbons (Fsp3) is 0.211. The third kappa shape index (κ3) is 4.03. The number of rotatable bonds is 6. The van der Waals surface area contributed by atoms with Crippen LogP contribution >= 0.6 is 11.6 Å². The summed E-state index contributed by atoms with van der Waals surface area (Å²) in [6.07, 6.45) is 1.73. The lowest BCUT2D eigenvalue weighted by molar-refractivity contribution is 0.284. The van der Waals surface area contributed by atoms with Gasteiger partial charge in [-0.15, -0.1) is 10.2 Å². The van der Waals surface area contributed by atoms with Crippen molar-refractivity contribution in [1.82, 2.24) is 14.9 Å². The van der Waals surface area contributed by atoms with E-state index in [2.05, 4.69) is 15.3 Å². The van der Waals surface area contributed by atoms with Crippen LogP contribution in [0.4, 0.5) is 0 Å². The summed E-state index contributed by atoms with van der Waals surface area (Å²) in [4.78, 5) is 0. The molecule has 0 spiro atoms. The molecule has 0 fully saturated rings. The molecule has 1 aromatic heterocycles. The van der Waals surface area contributed by atoms with Gasteiger partial charge in [-0.3, -0.25) is 0 Å². The van der Waals surface area contributed by atoms with E-state index in [1.54, 1.807) is 18.0 Å². The van der Waals surface area contributed by atoms with Gasteiger partial charge in [-0.05, 0) is 43.7 Å². The number of aromatic nitrogens is 3. The van der Waals surface area contributed by atoms with Gasteiger partial charge in [0.25, 0.3) is 0 Å². The van der Waals surface area contributed by atoms with Gasteiger partial charge in [0.15, 0.2) is 23.1 Å². The van der Waals surface area contributed by atoms with E-state index in [4.69, 9.17) is 21.1 Å². The van der Waals surface area contributed by atoms with E-state index in [0.29, 0.717) is 23.1 Å². The first-order valence-corrected chi connectivity index (χ1v) is 8.43. The van der Waals surface area contributed by atoms with Gasteiger partial charge in [0, 0.05) is 10.6 Å². The Kier molecular flexibility index (Phi) is 5.53. The van der Waals surface area contributed by atoms with Gasteiger partial charge in [0.05, 0.1) is 13.3 Å². The van der Waals surface area contributed by atoms with Crippen molar-refractivity contribution in [3.63, 3.8) is 0 Å². The molecule has 0 radical (unpaired) electrons. The van der Waals surface area contributed by atoms with E-state index >= 15 is 0 Å². The number of nitrogens with zero attached hydrogens (tertiary/aromatic N) is 4. The molecule has 26 heavy (non-hydrogen) atoms. The van der Waals surface area contributed by atoms with Crippen LogP contribution in [0.3, 0.4) is 0 Å². The number of aryl methyl sites for hydroxylation is 2. The highest BCUT2D eigenvalue weighted by atomic mass is 35.5. The van der Waals surface area contributed by atoms with Gasteiger partial charge in [-0.2, -0.15) is 5.10 Å². The normalized spacial score (nSPS) is 11.1. The van der Waals surface area contributed by atoms with Crippen LogP contribution in [-0.4, -0.2) is 28.2 Å². The highest BCUT2D eigenvalue weighted by Gasteiger charge is 2.08. The molecule has 1 heterocycles. The van der Waals surface area contributed by atoms with Crippen molar-refractivity contribution >= 4 is 17.8 Å². The van der Waals surface area contributed by atoms with Crippen molar-refractivity contribution in [2.24, 2.45) is 5.10 Å².